The minimum atomic E-state index is 0.344. The van der Waals surface area contributed by atoms with Crippen LogP contribution in [0, 0.1) is 5.41 Å². The zero-order valence-electron chi connectivity index (χ0n) is 9.18. The average molecular weight is 262 g/mol. The summed E-state index contributed by atoms with van der Waals surface area (Å²) in [5.41, 5.74) is 0.346. The molecular formula is C11H20BrNO. The zero-order valence-corrected chi connectivity index (χ0v) is 10.8. The predicted octanol–water partition coefficient (Wildman–Crippen LogP) is 2.81. The van der Waals surface area contributed by atoms with Crippen molar-refractivity contribution < 1.29 is 4.79 Å². The molecule has 14 heavy (non-hydrogen) atoms. The van der Waals surface area contributed by atoms with E-state index in [1.807, 2.05) is 4.90 Å². The first kappa shape index (κ1) is 12.0. The van der Waals surface area contributed by atoms with Crippen LogP contribution in [0.25, 0.3) is 0 Å². The fraction of sp³-hybridized carbons (Fsp3) is 0.909. The van der Waals surface area contributed by atoms with Crippen molar-refractivity contribution in [3.63, 3.8) is 0 Å². The third kappa shape index (κ3) is 3.60. The summed E-state index contributed by atoms with van der Waals surface area (Å²) in [5, 5.41) is 0.986. The van der Waals surface area contributed by atoms with E-state index in [2.05, 4.69) is 29.8 Å². The van der Waals surface area contributed by atoms with Crippen molar-refractivity contribution in [3.05, 3.63) is 0 Å². The Kier molecular flexibility index (Phi) is 4.42. The van der Waals surface area contributed by atoms with Crippen LogP contribution in [0.1, 0.15) is 39.5 Å². The number of likely N-dealkylation sites (tertiary alicyclic amines) is 1. The molecule has 1 saturated heterocycles. The van der Waals surface area contributed by atoms with Gasteiger partial charge in [-0.05, 0) is 24.7 Å². The minimum Gasteiger partial charge on any atom is -0.343 e. The topological polar surface area (TPSA) is 20.3 Å². The quantitative estimate of drug-likeness (QED) is 0.716. The van der Waals surface area contributed by atoms with Gasteiger partial charge in [-0.1, -0.05) is 29.8 Å². The summed E-state index contributed by atoms with van der Waals surface area (Å²) in [4.78, 5) is 13.7. The summed E-state index contributed by atoms with van der Waals surface area (Å²) in [7, 11) is 0. The van der Waals surface area contributed by atoms with Gasteiger partial charge in [-0.25, -0.2) is 0 Å². The number of carbonyl (C=O) groups excluding carboxylic acids is 1. The summed E-state index contributed by atoms with van der Waals surface area (Å²) in [6, 6.07) is 0. The van der Waals surface area contributed by atoms with Gasteiger partial charge in [0.15, 0.2) is 0 Å². The summed E-state index contributed by atoms with van der Waals surface area (Å²) in [6.07, 6.45) is 3.97. The smallest absolute Gasteiger partial charge is 0.222 e. The maximum Gasteiger partial charge on any atom is 0.222 e. The van der Waals surface area contributed by atoms with Crippen LogP contribution in [0.4, 0.5) is 0 Å². The van der Waals surface area contributed by atoms with Gasteiger partial charge in [0.2, 0.25) is 5.91 Å². The maximum absolute atomic E-state index is 11.7. The molecule has 0 bridgehead atoms. The molecule has 0 radical (unpaired) electrons. The van der Waals surface area contributed by atoms with E-state index in [1.54, 1.807) is 0 Å². The first-order valence-electron chi connectivity index (χ1n) is 5.39. The largest absolute Gasteiger partial charge is 0.343 e. The second-order valence-corrected chi connectivity index (χ2v) is 5.63. The molecule has 2 nitrogen and oxygen atoms in total. The number of hydrogen-bond donors (Lipinski definition) is 0. The fourth-order valence-electron chi connectivity index (χ4n) is 1.78. The van der Waals surface area contributed by atoms with Crippen LogP contribution < -0.4 is 0 Å². The van der Waals surface area contributed by atoms with Crippen molar-refractivity contribution >= 4 is 21.8 Å². The summed E-state index contributed by atoms with van der Waals surface area (Å²) < 4.78 is 0. The molecule has 1 fully saturated rings. The third-order valence-electron chi connectivity index (χ3n) is 2.99. The van der Waals surface area contributed by atoms with Crippen molar-refractivity contribution in [3.8, 4) is 0 Å². The highest BCUT2D eigenvalue weighted by atomic mass is 79.9. The molecule has 0 aromatic rings. The molecule has 3 heteroatoms. The van der Waals surface area contributed by atoms with Gasteiger partial charge in [-0.15, -0.1) is 0 Å². The first-order valence-corrected chi connectivity index (χ1v) is 6.51. The SMILES string of the molecule is CC1(C)CCC(=O)N(CCCBr)CC1. The van der Waals surface area contributed by atoms with Crippen molar-refractivity contribution in [2.75, 3.05) is 18.4 Å². The van der Waals surface area contributed by atoms with Gasteiger partial charge in [0.1, 0.15) is 0 Å². The van der Waals surface area contributed by atoms with Gasteiger partial charge in [-0.3, -0.25) is 4.79 Å². The molecule has 0 atom stereocenters. The molecule has 82 valence electrons. The van der Waals surface area contributed by atoms with E-state index in [9.17, 15) is 4.79 Å². The van der Waals surface area contributed by atoms with E-state index >= 15 is 0 Å². The van der Waals surface area contributed by atoms with Crippen LogP contribution in [0.3, 0.4) is 0 Å². The summed E-state index contributed by atoms with van der Waals surface area (Å²) in [6.45, 7) is 6.38. The van der Waals surface area contributed by atoms with Gasteiger partial charge in [0.25, 0.3) is 0 Å². The zero-order chi connectivity index (χ0) is 10.6. The molecule has 0 N–H and O–H groups in total. The Hall–Kier alpha value is -0.0500. The molecule has 0 aliphatic carbocycles. The molecule has 0 saturated carbocycles. The monoisotopic (exact) mass is 261 g/mol. The lowest BCUT2D eigenvalue weighted by Gasteiger charge is -2.23. The fourth-order valence-corrected chi connectivity index (χ4v) is 2.03. The highest BCUT2D eigenvalue weighted by Gasteiger charge is 2.26. The lowest BCUT2D eigenvalue weighted by atomic mass is 9.85. The van der Waals surface area contributed by atoms with Crippen molar-refractivity contribution in [2.45, 2.75) is 39.5 Å². The van der Waals surface area contributed by atoms with Gasteiger partial charge >= 0.3 is 0 Å². The highest BCUT2D eigenvalue weighted by Crippen LogP contribution is 2.30. The molecule has 1 rings (SSSR count). The van der Waals surface area contributed by atoms with Gasteiger partial charge in [-0.2, -0.15) is 0 Å². The van der Waals surface area contributed by atoms with E-state index in [4.69, 9.17) is 0 Å². The third-order valence-corrected chi connectivity index (χ3v) is 3.55. The Morgan fingerprint density at radius 2 is 2.14 bits per heavy atom. The molecule has 1 aliphatic rings. The molecule has 1 heterocycles. The lowest BCUT2D eigenvalue weighted by molar-refractivity contribution is -0.130. The van der Waals surface area contributed by atoms with Crippen LogP contribution in [0.15, 0.2) is 0 Å². The number of alkyl halides is 1. The lowest BCUT2D eigenvalue weighted by Crippen LogP contribution is -2.31. The summed E-state index contributed by atoms with van der Waals surface area (Å²) in [5.74, 6) is 0.344. The minimum absolute atomic E-state index is 0.344. The van der Waals surface area contributed by atoms with Gasteiger partial charge in [0.05, 0.1) is 0 Å². The highest BCUT2D eigenvalue weighted by molar-refractivity contribution is 9.09. The molecule has 0 spiro atoms. The number of carbonyl (C=O) groups is 1. The standard InChI is InChI=1S/C11H20BrNO/c1-11(2)5-4-10(14)13(9-6-11)8-3-7-12/h3-9H2,1-2H3. The number of nitrogens with zero attached hydrogens (tertiary/aromatic N) is 1. The number of rotatable bonds is 3. The maximum atomic E-state index is 11.7. The number of halogens is 1. The Bertz CT molecular complexity index is 203. The van der Waals surface area contributed by atoms with Gasteiger partial charge < -0.3 is 4.90 Å². The van der Waals surface area contributed by atoms with Crippen molar-refractivity contribution in [1.82, 2.24) is 4.90 Å². The molecule has 1 aliphatic heterocycles. The van der Waals surface area contributed by atoms with E-state index in [-0.39, 0.29) is 0 Å². The molecule has 0 unspecified atom stereocenters. The molecule has 0 aromatic carbocycles. The van der Waals surface area contributed by atoms with E-state index in [0.29, 0.717) is 11.3 Å². The predicted molar refractivity (Wildman–Crippen MR) is 62.6 cm³/mol. The van der Waals surface area contributed by atoms with E-state index in [1.165, 1.54) is 0 Å². The van der Waals surface area contributed by atoms with Crippen molar-refractivity contribution in [2.24, 2.45) is 5.41 Å². The Balaban J connectivity index is 2.47. The van der Waals surface area contributed by atoms with E-state index < -0.39 is 0 Å². The van der Waals surface area contributed by atoms with Crippen LogP contribution in [0.5, 0.6) is 0 Å². The molecule has 1 amide bonds. The summed E-state index contributed by atoms with van der Waals surface area (Å²) >= 11 is 3.40. The average Bonchev–Trinajstić information content (AvgIpc) is 2.25. The Labute approximate surface area is 95.2 Å². The van der Waals surface area contributed by atoms with Crippen LogP contribution in [0.2, 0.25) is 0 Å². The molecular weight excluding hydrogens is 242 g/mol. The second-order valence-electron chi connectivity index (χ2n) is 4.84. The Morgan fingerprint density at radius 3 is 2.79 bits per heavy atom. The van der Waals surface area contributed by atoms with Gasteiger partial charge in [0, 0.05) is 24.8 Å². The van der Waals surface area contributed by atoms with E-state index in [0.717, 1.165) is 44.1 Å². The Morgan fingerprint density at radius 1 is 1.43 bits per heavy atom. The van der Waals surface area contributed by atoms with Crippen LogP contribution >= 0.6 is 15.9 Å². The van der Waals surface area contributed by atoms with Crippen molar-refractivity contribution in [1.29, 1.82) is 0 Å². The van der Waals surface area contributed by atoms with Crippen LogP contribution in [-0.4, -0.2) is 29.2 Å². The second kappa shape index (κ2) is 5.15. The number of amides is 1. The van der Waals surface area contributed by atoms with Crippen LogP contribution in [-0.2, 0) is 4.79 Å². The first-order chi connectivity index (χ1) is 6.55. The normalized spacial score (nSPS) is 22.2. The number of hydrogen-bond acceptors (Lipinski definition) is 1. The molecule has 0 aromatic heterocycles.